The highest BCUT2D eigenvalue weighted by molar-refractivity contribution is 6.03. The molecule has 0 radical (unpaired) electrons. The largest absolute Gasteiger partial charge is 0.378 e. The smallest absolute Gasteiger partial charge is 0.275 e. The fourth-order valence-corrected chi connectivity index (χ4v) is 1.39. The molecule has 0 aromatic heterocycles. The van der Waals surface area contributed by atoms with Crippen LogP contribution in [0.15, 0.2) is 34.8 Å². The normalized spacial score (nSPS) is 10.9. The average molecular weight is 246 g/mol. The van der Waals surface area contributed by atoms with E-state index >= 15 is 0 Å². The summed E-state index contributed by atoms with van der Waals surface area (Å²) >= 11 is 0. The summed E-state index contributed by atoms with van der Waals surface area (Å²) in [4.78, 5) is 17.0. The molecule has 5 nitrogen and oxygen atoms in total. The molecule has 1 aromatic carbocycles. The first-order valence-electron chi connectivity index (χ1n) is 5.50. The van der Waals surface area contributed by atoms with Crippen LogP contribution in [0.5, 0.6) is 0 Å². The Morgan fingerprint density at radius 2 is 1.78 bits per heavy atom. The van der Waals surface area contributed by atoms with E-state index in [-0.39, 0.29) is 5.96 Å². The number of nitrogens with zero attached hydrogens (tertiary/aromatic N) is 2. The van der Waals surface area contributed by atoms with Crippen LogP contribution in [0.1, 0.15) is 12.5 Å². The molecule has 1 amide bonds. The lowest BCUT2D eigenvalue weighted by Gasteiger charge is -2.11. The van der Waals surface area contributed by atoms with Crippen LogP contribution in [0.2, 0.25) is 0 Å². The third kappa shape index (κ3) is 3.93. The van der Waals surface area contributed by atoms with Crippen LogP contribution in [0.25, 0.3) is 6.08 Å². The molecule has 0 aliphatic carbocycles. The number of hydrogen-bond donors (Lipinski definition) is 2. The molecule has 1 aromatic rings. The van der Waals surface area contributed by atoms with E-state index < -0.39 is 5.91 Å². The first kappa shape index (κ1) is 13.8. The van der Waals surface area contributed by atoms with Gasteiger partial charge in [0.1, 0.15) is 0 Å². The van der Waals surface area contributed by atoms with Gasteiger partial charge in [-0.3, -0.25) is 4.79 Å². The van der Waals surface area contributed by atoms with Gasteiger partial charge in [0.15, 0.2) is 5.96 Å². The maximum atomic E-state index is 11.5. The van der Waals surface area contributed by atoms with Crippen molar-refractivity contribution in [2.24, 2.45) is 16.5 Å². The zero-order valence-corrected chi connectivity index (χ0v) is 10.8. The van der Waals surface area contributed by atoms with Crippen LogP contribution >= 0.6 is 0 Å². The van der Waals surface area contributed by atoms with Crippen molar-refractivity contribution in [3.63, 3.8) is 0 Å². The zero-order valence-electron chi connectivity index (χ0n) is 10.8. The summed E-state index contributed by atoms with van der Waals surface area (Å²) in [6, 6.07) is 7.82. The minimum atomic E-state index is -0.424. The number of amides is 1. The van der Waals surface area contributed by atoms with E-state index in [1.807, 2.05) is 43.3 Å². The molecule has 5 heteroatoms. The Hall–Kier alpha value is -2.30. The third-order valence-electron chi connectivity index (χ3n) is 2.36. The second kappa shape index (κ2) is 5.86. The van der Waals surface area contributed by atoms with Gasteiger partial charge in [-0.2, -0.15) is 4.99 Å². The number of hydrogen-bond acceptors (Lipinski definition) is 2. The molecule has 4 N–H and O–H groups in total. The van der Waals surface area contributed by atoms with E-state index in [1.54, 1.807) is 13.0 Å². The fourth-order valence-electron chi connectivity index (χ4n) is 1.39. The van der Waals surface area contributed by atoms with Crippen molar-refractivity contribution >= 4 is 23.6 Å². The summed E-state index contributed by atoms with van der Waals surface area (Å²) in [5, 5.41) is 0. The summed E-state index contributed by atoms with van der Waals surface area (Å²) in [6.45, 7) is 1.68. The summed E-state index contributed by atoms with van der Waals surface area (Å²) in [5.74, 6) is -0.651. The molecular formula is C13H18N4O. The van der Waals surface area contributed by atoms with Crippen LogP contribution in [-0.2, 0) is 4.79 Å². The lowest BCUT2D eigenvalue weighted by molar-refractivity contribution is -0.114. The van der Waals surface area contributed by atoms with Gasteiger partial charge in [0.25, 0.3) is 5.91 Å². The van der Waals surface area contributed by atoms with Crippen LogP contribution in [0, 0.1) is 0 Å². The molecule has 0 saturated carbocycles. The molecule has 0 spiro atoms. The van der Waals surface area contributed by atoms with Crippen LogP contribution < -0.4 is 16.4 Å². The van der Waals surface area contributed by atoms with Crippen LogP contribution in [0.4, 0.5) is 5.69 Å². The Morgan fingerprint density at radius 3 is 2.22 bits per heavy atom. The average Bonchev–Trinajstić information content (AvgIpc) is 2.28. The Morgan fingerprint density at radius 1 is 1.22 bits per heavy atom. The Balaban J connectivity index is 2.89. The highest BCUT2D eigenvalue weighted by Gasteiger charge is 2.03. The number of guanidine groups is 1. The molecule has 0 unspecified atom stereocenters. The van der Waals surface area contributed by atoms with Gasteiger partial charge in [0.05, 0.1) is 0 Å². The van der Waals surface area contributed by atoms with Gasteiger partial charge in [0.2, 0.25) is 0 Å². The number of rotatable bonds is 3. The lowest BCUT2D eigenvalue weighted by atomic mass is 10.1. The molecular weight excluding hydrogens is 228 g/mol. The van der Waals surface area contributed by atoms with Crippen molar-refractivity contribution in [2.75, 3.05) is 19.0 Å². The molecule has 0 bridgehead atoms. The van der Waals surface area contributed by atoms with E-state index in [4.69, 9.17) is 11.5 Å². The predicted molar refractivity (Wildman–Crippen MR) is 75.2 cm³/mol. The molecule has 0 aliphatic heterocycles. The van der Waals surface area contributed by atoms with Crippen LogP contribution in [-0.4, -0.2) is 26.0 Å². The molecule has 18 heavy (non-hydrogen) atoms. The topological polar surface area (TPSA) is 84.7 Å². The molecule has 0 aliphatic rings. The maximum Gasteiger partial charge on any atom is 0.275 e. The second-order valence-electron chi connectivity index (χ2n) is 4.16. The SMILES string of the molecule is CC(=Cc1ccc(N(C)C)cc1)C(=O)N=C(N)N. The Labute approximate surface area is 107 Å². The van der Waals surface area contributed by atoms with Crippen molar-refractivity contribution in [3.05, 3.63) is 35.4 Å². The van der Waals surface area contributed by atoms with Crippen molar-refractivity contribution in [1.29, 1.82) is 0 Å². The molecule has 0 atom stereocenters. The monoisotopic (exact) mass is 246 g/mol. The highest BCUT2D eigenvalue weighted by atomic mass is 16.1. The number of carbonyl (C=O) groups excluding carboxylic acids is 1. The minimum Gasteiger partial charge on any atom is -0.378 e. The van der Waals surface area contributed by atoms with Gasteiger partial charge < -0.3 is 16.4 Å². The fraction of sp³-hybridized carbons (Fsp3) is 0.231. The molecule has 1 rings (SSSR count). The van der Waals surface area contributed by atoms with Crippen molar-refractivity contribution in [2.45, 2.75) is 6.92 Å². The van der Waals surface area contributed by atoms with Gasteiger partial charge in [-0.1, -0.05) is 12.1 Å². The van der Waals surface area contributed by atoms with E-state index in [9.17, 15) is 4.79 Å². The number of nitrogens with two attached hydrogens (primary N) is 2. The van der Waals surface area contributed by atoms with E-state index in [0.29, 0.717) is 5.57 Å². The van der Waals surface area contributed by atoms with Crippen molar-refractivity contribution in [3.8, 4) is 0 Å². The molecule has 0 fully saturated rings. The second-order valence-corrected chi connectivity index (χ2v) is 4.16. The van der Waals surface area contributed by atoms with Crippen LogP contribution in [0.3, 0.4) is 0 Å². The first-order valence-corrected chi connectivity index (χ1v) is 5.50. The number of anilines is 1. The maximum absolute atomic E-state index is 11.5. The summed E-state index contributed by atoms with van der Waals surface area (Å²) in [6.07, 6.45) is 1.74. The van der Waals surface area contributed by atoms with E-state index in [0.717, 1.165) is 11.3 Å². The van der Waals surface area contributed by atoms with Gasteiger partial charge in [-0.25, -0.2) is 0 Å². The standard InChI is InChI=1S/C13H18N4O/c1-9(12(18)16-13(14)15)8-10-4-6-11(7-5-10)17(2)3/h4-8H,1-3H3,(H4,14,15,16,18). The van der Waals surface area contributed by atoms with Gasteiger partial charge in [-0.15, -0.1) is 0 Å². The summed E-state index contributed by atoms with van der Waals surface area (Å²) < 4.78 is 0. The number of carbonyl (C=O) groups is 1. The Bertz CT molecular complexity index is 482. The Kier molecular flexibility index (Phi) is 4.48. The van der Waals surface area contributed by atoms with Crippen molar-refractivity contribution < 1.29 is 4.79 Å². The van der Waals surface area contributed by atoms with E-state index in [2.05, 4.69) is 4.99 Å². The number of benzene rings is 1. The first-order chi connectivity index (χ1) is 8.40. The minimum absolute atomic E-state index is 0.226. The predicted octanol–water partition coefficient (Wildman–Crippen LogP) is 0.956. The third-order valence-corrected chi connectivity index (χ3v) is 2.36. The lowest BCUT2D eigenvalue weighted by Crippen LogP contribution is -2.24. The zero-order chi connectivity index (χ0) is 13.7. The molecule has 0 saturated heterocycles. The molecule has 0 heterocycles. The van der Waals surface area contributed by atoms with Gasteiger partial charge in [0, 0.05) is 25.4 Å². The molecule has 96 valence electrons. The van der Waals surface area contributed by atoms with Gasteiger partial charge in [-0.05, 0) is 30.7 Å². The summed E-state index contributed by atoms with van der Waals surface area (Å²) in [5.41, 5.74) is 12.8. The quantitative estimate of drug-likeness (QED) is 0.472. The van der Waals surface area contributed by atoms with E-state index in [1.165, 1.54) is 0 Å². The van der Waals surface area contributed by atoms with Gasteiger partial charge >= 0.3 is 0 Å². The highest BCUT2D eigenvalue weighted by Crippen LogP contribution is 2.14. The summed E-state index contributed by atoms with van der Waals surface area (Å²) in [7, 11) is 3.94. The number of aliphatic imine (C=N–C) groups is 1. The van der Waals surface area contributed by atoms with Crippen molar-refractivity contribution in [1.82, 2.24) is 0 Å².